The van der Waals surface area contributed by atoms with Gasteiger partial charge in [0.25, 0.3) is 0 Å². The second-order valence-electron chi connectivity index (χ2n) is 5.61. The van der Waals surface area contributed by atoms with Crippen LogP contribution in [0.2, 0.25) is 0 Å². The van der Waals surface area contributed by atoms with Crippen molar-refractivity contribution in [2.45, 2.75) is 39.7 Å². The summed E-state index contributed by atoms with van der Waals surface area (Å²) in [4.78, 5) is 11.3. The molecule has 106 valence electrons. The number of piperidine rings is 1. The first-order valence-electron chi connectivity index (χ1n) is 7.15. The first kappa shape index (κ1) is 14.1. The predicted octanol–water partition coefficient (Wildman–Crippen LogP) is 1.78. The molecule has 1 aliphatic heterocycles. The Morgan fingerprint density at radius 1 is 1.42 bits per heavy atom. The lowest BCUT2D eigenvalue weighted by atomic mass is 9.99. The van der Waals surface area contributed by atoms with Crippen LogP contribution in [0.4, 0.5) is 11.6 Å². The van der Waals surface area contributed by atoms with Crippen molar-refractivity contribution in [1.29, 1.82) is 0 Å². The summed E-state index contributed by atoms with van der Waals surface area (Å²) in [6.07, 6.45) is 2.48. The molecule has 0 spiro atoms. The van der Waals surface area contributed by atoms with Gasteiger partial charge >= 0.3 is 0 Å². The van der Waals surface area contributed by atoms with E-state index in [-0.39, 0.29) is 6.04 Å². The molecule has 3 N–H and O–H groups in total. The molecule has 0 aliphatic carbocycles. The first-order chi connectivity index (χ1) is 9.08. The van der Waals surface area contributed by atoms with Crippen molar-refractivity contribution < 1.29 is 0 Å². The van der Waals surface area contributed by atoms with Gasteiger partial charge in [-0.1, -0.05) is 6.92 Å². The van der Waals surface area contributed by atoms with Gasteiger partial charge in [-0.15, -0.1) is 0 Å². The highest BCUT2D eigenvalue weighted by atomic mass is 15.2. The average Bonchev–Trinajstić information content (AvgIpc) is 2.38. The van der Waals surface area contributed by atoms with Crippen LogP contribution in [-0.4, -0.2) is 35.6 Å². The summed E-state index contributed by atoms with van der Waals surface area (Å²) in [6.45, 7) is 9.08. The standard InChI is InChI=1S/C14H25N5/c1-10-4-6-19(7-5-10)14-8-13(16-11(2)9-15)17-12(3)18-14/h8,10-11H,4-7,9,15H2,1-3H3,(H,16,17,18). The molecule has 0 aromatic carbocycles. The maximum absolute atomic E-state index is 5.64. The zero-order valence-corrected chi connectivity index (χ0v) is 12.2. The van der Waals surface area contributed by atoms with E-state index >= 15 is 0 Å². The Labute approximate surface area is 115 Å². The van der Waals surface area contributed by atoms with E-state index in [2.05, 4.69) is 34.0 Å². The number of aryl methyl sites for hydroxylation is 1. The van der Waals surface area contributed by atoms with Gasteiger partial charge < -0.3 is 16.0 Å². The molecule has 0 amide bonds. The van der Waals surface area contributed by atoms with Crippen LogP contribution in [0.25, 0.3) is 0 Å². The molecule has 2 rings (SSSR count). The summed E-state index contributed by atoms with van der Waals surface area (Å²) >= 11 is 0. The molecule has 19 heavy (non-hydrogen) atoms. The van der Waals surface area contributed by atoms with Crippen LogP contribution in [0, 0.1) is 12.8 Å². The fraction of sp³-hybridized carbons (Fsp3) is 0.714. The Kier molecular flexibility index (Phi) is 4.58. The van der Waals surface area contributed by atoms with Gasteiger partial charge in [0.15, 0.2) is 0 Å². The molecule has 1 aliphatic rings. The van der Waals surface area contributed by atoms with Crippen molar-refractivity contribution in [2.75, 3.05) is 29.9 Å². The Balaban J connectivity index is 2.12. The van der Waals surface area contributed by atoms with Crippen molar-refractivity contribution in [3.63, 3.8) is 0 Å². The van der Waals surface area contributed by atoms with Gasteiger partial charge in [0.05, 0.1) is 0 Å². The molecule has 0 bridgehead atoms. The molecule has 5 heteroatoms. The molecule has 1 atom stereocenters. The van der Waals surface area contributed by atoms with Crippen molar-refractivity contribution in [3.8, 4) is 0 Å². The molecule has 0 saturated carbocycles. The van der Waals surface area contributed by atoms with Crippen molar-refractivity contribution in [2.24, 2.45) is 11.7 Å². The average molecular weight is 263 g/mol. The monoisotopic (exact) mass is 263 g/mol. The van der Waals surface area contributed by atoms with Crippen molar-refractivity contribution in [3.05, 3.63) is 11.9 Å². The van der Waals surface area contributed by atoms with Crippen LogP contribution in [0.15, 0.2) is 6.07 Å². The van der Waals surface area contributed by atoms with E-state index in [0.717, 1.165) is 36.5 Å². The number of rotatable bonds is 4. The molecule has 1 unspecified atom stereocenters. The Morgan fingerprint density at radius 2 is 2.11 bits per heavy atom. The highest BCUT2D eigenvalue weighted by molar-refractivity contribution is 5.50. The summed E-state index contributed by atoms with van der Waals surface area (Å²) in [5.41, 5.74) is 5.64. The molecule has 1 aromatic rings. The third-order valence-corrected chi connectivity index (χ3v) is 3.68. The third-order valence-electron chi connectivity index (χ3n) is 3.68. The lowest BCUT2D eigenvalue weighted by Crippen LogP contribution is -2.34. The van der Waals surface area contributed by atoms with Crippen LogP contribution in [0.5, 0.6) is 0 Å². The Hall–Kier alpha value is -1.36. The van der Waals surface area contributed by atoms with Gasteiger partial charge in [-0.3, -0.25) is 0 Å². The highest BCUT2D eigenvalue weighted by Gasteiger charge is 2.18. The fourth-order valence-electron chi connectivity index (χ4n) is 2.34. The largest absolute Gasteiger partial charge is 0.366 e. The minimum absolute atomic E-state index is 0.225. The van der Waals surface area contributed by atoms with E-state index in [1.54, 1.807) is 0 Å². The number of aromatic nitrogens is 2. The maximum atomic E-state index is 5.64. The predicted molar refractivity (Wildman–Crippen MR) is 79.5 cm³/mol. The molecule has 1 aromatic heterocycles. The quantitative estimate of drug-likeness (QED) is 0.866. The highest BCUT2D eigenvalue weighted by Crippen LogP contribution is 2.23. The van der Waals surface area contributed by atoms with Crippen molar-refractivity contribution >= 4 is 11.6 Å². The zero-order chi connectivity index (χ0) is 13.8. The summed E-state index contributed by atoms with van der Waals surface area (Å²) < 4.78 is 0. The van der Waals surface area contributed by atoms with Gasteiger partial charge in [0.1, 0.15) is 17.5 Å². The van der Waals surface area contributed by atoms with Crippen molar-refractivity contribution in [1.82, 2.24) is 9.97 Å². The lowest BCUT2D eigenvalue weighted by Gasteiger charge is -2.31. The van der Waals surface area contributed by atoms with Crippen LogP contribution >= 0.6 is 0 Å². The number of anilines is 2. The van der Waals surface area contributed by atoms with E-state index in [0.29, 0.717) is 6.54 Å². The molecular formula is C14H25N5. The normalized spacial score (nSPS) is 18.4. The van der Waals surface area contributed by atoms with E-state index in [9.17, 15) is 0 Å². The summed E-state index contributed by atoms with van der Waals surface area (Å²) in [6, 6.07) is 2.26. The van der Waals surface area contributed by atoms with E-state index in [1.165, 1.54) is 12.8 Å². The van der Waals surface area contributed by atoms with Gasteiger partial charge in [-0.05, 0) is 32.6 Å². The van der Waals surface area contributed by atoms with E-state index in [1.807, 2.05) is 13.0 Å². The number of nitrogens with zero attached hydrogens (tertiary/aromatic N) is 3. The Morgan fingerprint density at radius 3 is 2.74 bits per heavy atom. The third kappa shape index (κ3) is 3.80. The second-order valence-corrected chi connectivity index (χ2v) is 5.61. The number of hydrogen-bond donors (Lipinski definition) is 2. The topological polar surface area (TPSA) is 67.1 Å². The van der Waals surface area contributed by atoms with Crippen LogP contribution in [-0.2, 0) is 0 Å². The lowest BCUT2D eigenvalue weighted by molar-refractivity contribution is 0.436. The molecule has 1 saturated heterocycles. The second kappa shape index (κ2) is 6.19. The Bertz CT molecular complexity index is 412. The SMILES string of the molecule is Cc1nc(NC(C)CN)cc(N2CCC(C)CC2)n1. The van der Waals surface area contributed by atoms with Crippen LogP contribution in [0.1, 0.15) is 32.5 Å². The molecule has 5 nitrogen and oxygen atoms in total. The maximum Gasteiger partial charge on any atom is 0.134 e. The number of hydrogen-bond acceptors (Lipinski definition) is 5. The number of nitrogens with one attached hydrogen (secondary N) is 1. The summed E-state index contributed by atoms with van der Waals surface area (Å²) in [5.74, 6) is 3.54. The molecule has 0 radical (unpaired) electrons. The zero-order valence-electron chi connectivity index (χ0n) is 12.2. The van der Waals surface area contributed by atoms with E-state index in [4.69, 9.17) is 5.73 Å². The van der Waals surface area contributed by atoms with Gasteiger partial charge in [0.2, 0.25) is 0 Å². The number of nitrogens with two attached hydrogens (primary N) is 1. The van der Waals surface area contributed by atoms with Crippen LogP contribution in [0.3, 0.4) is 0 Å². The van der Waals surface area contributed by atoms with E-state index < -0.39 is 0 Å². The molecule has 1 fully saturated rings. The summed E-state index contributed by atoms with van der Waals surface area (Å²) in [7, 11) is 0. The smallest absolute Gasteiger partial charge is 0.134 e. The minimum atomic E-state index is 0.225. The van der Waals surface area contributed by atoms with Crippen LogP contribution < -0.4 is 16.0 Å². The summed E-state index contributed by atoms with van der Waals surface area (Å²) in [5, 5.41) is 3.32. The first-order valence-corrected chi connectivity index (χ1v) is 7.15. The van der Waals surface area contributed by atoms with Gasteiger partial charge in [0, 0.05) is 31.7 Å². The fourth-order valence-corrected chi connectivity index (χ4v) is 2.34. The minimum Gasteiger partial charge on any atom is -0.366 e. The molecular weight excluding hydrogens is 238 g/mol. The van der Waals surface area contributed by atoms with Gasteiger partial charge in [-0.2, -0.15) is 0 Å². The van der Waals surface area contributed by atoms with Gasteiger partial charge in [-0.25, -0.2) is 9.97 Å². The molecule has 2 heterocycles.